The van der Waals surface area contributed by atoms with Gasteiger partial charge in [-0.05, 0) is 11.6 Å². The molecule has 0 unspecified atom stereocenters. The van der Waals surface area contributed by atoms with Crippen molar-refractivity contribution < 1.29 is 0 Å². The summed E-state index contributed by atoms with van der Waals surface area (Å²) in [7, 11) is 0. The number of thiazole rings is 1. The summed E-state index contributed by atoms with van der Waals surface area (Å²) in [6, 6.07) is 8.42. The van der Waals surface area contributed by atoms with Gasteiger partial charge in [0.2, 0.25) is 0 Å². The Labute approximate surface area is 153 Å². The SMILES string of the molecule is BrCC(CBr)(Cc1cn2ccsc2n1)c1ccccc1Br. The van der Waals surface area contributed by atoms with Gasteiger partial charge in [0.1, 0.15) is 0 Å². The summed E-state index contributed by atoms with van der Waals surface area (Å²) in [5.41, 5.74) is 2.40. The maximum Gasteiger partial charge on any atom is 0.193 e. The first-order valence-corrected chi connectivity index (χ1v) is 10.4. The second-order valence-corrected chi connectivity index (χ2v) is 7.88. The predicted molar refractivity (Wildman–Crippen MR) is 100 cm³/mol. The molecule has 0 saturated carbocycles. The molecule has 2 aromatic heterocycles. The highest BCUT2D eigenvalue weighted by Gasteiger charge is 2.33. The molecule has 0 spiro atoms. The van der Waals surface area contributed by atoms with Crippen LogP contribution < -0.4 is 0 Å². The van der Waals surface area contributed by atoms with Gasteiger partial charge in [0, 0.05) is 44.7 Å². The van der Waals surface area contributed by atoms with Gasteiger partial charge in [0.25, 0.3) is 0 Å². The monoisotopic (exact) mass is 490 g/mol. The minimum atomic E-state index is -0.0237. The van der Waals surface area contributed by atoms with Crippen molar-refractivity contribution in [1.82, 2.24) is 9.38 Å². The van der Waals surface area contributed by atoms with Crippen molar-refractivity contribution in [2.45, 2.75) is 11.8 Å². The van der Waals surface area contributed by atoms with Crippen molar-refractivity contribution >= 4 is 64.1 Å². The van der Waals surface area contributed by atoms with E-state index in [4.69, 9.17) is 4.98 Å². The molecule has 0 bridgehead atoms. The van der Waals surface area contributed by atoms with Crippen molar-refractivity contribution in [3.8, 4) is 0 Å². The Morgan fingerprint density at radius 3 is 2.62 bits per heavy atom. The number of aromatic nitrogens is 2. The molecule has 0 fully saturated rings. The third-order valence-electron chi connectivity index (χ3n) is 3.62. The Kier molecular flexibility index (Phi) is 4.88. The summed E-state index contributed by atoms with van der Waals surface area (Å²) in [6.45, 7) is 0. The largest absolute Gasteiger partial charge is 0.297 e. The number of rotatable bonds is 5. The summed E-state index contributed by atoms with van der Waals surface area (Å²) in [4.78, 5) is 5.78. The minimum Gasteiger partial charge on any atom is -0.297 e. The molecule has 0 saturated heterocycles. The van der Waals surface area contributed by atoms with Gasteiger partial charge in [-0.2, -0.15) is 0 Å². The zero-order chi connectivity index (χ0) is 14.9. The van der Waals surface area contributed by atoms with E-state index in [0.29, 0.717) is 0 Å². The first-order chi connectivity index (χ1) is 10.2. The van der Waals surface area contributed by atoms with Crippen LogP contribution in [-0.2, 0) is 11.8 Å². The standard InChI is InChI=1S/C15H13Br3N2S/c16-9-15(10-17,12-3-1-2-4-13(12)18)7-11-8-20-5-6-21-14(20)19-11/h1-6,8H,7,9-10H2. The Balaban J connectivity index is 2.01. The van der Waals surface area contributed by atoms with Crippen LogP contribution in [0.4, 0.5) is 0 Å². The van der Waals surface area contributed by atoms with Crippen LogP contribution in [0.2, 0.25) is 0 Å². The lowest BCUT2D eigenvalue weighted by molar-refractivity contribution is 0.542. The van der Waals surface area contributed by atoms with E-state index in [1.54, 1.807) is 11.3 Å². The summed E-state index contributed by atoms with van der Waals surface area (Å²) in [5.74, 6) is 0. The van der Waals surface area contributed by atoms with Crippen molar-refractivity contribution in [1.29, 1.82) is 0 Å². The molecule has 110 valence electrons. The van der Waals surface area contributed by atoms with Gasteiger partial charge < -0.3 is 0 Å². The number of alkyl halides is 2. The molecule has 0 aliphatic carbocycles. The van der Waals surface area contributed by atoms with Crippen molar-refractivity contribution in [3.63, 3.8) is 0 Å². The van der Waals surface area contributed by atoms with Crippen molar-refractivity contribution in [2.24, 2.45) is 0 Å². The Morgan fingerprint density at radius 1 is 1.19 bits per heavy atom. The lowest BCUT2D eigenvalue weighted by Crippen LogP contribution is -2.33. The maximum atomic E-state index is 4.73. The second kappa shape index (κ2) is 6.52. The normalized spacial score (nSPS) is 12.1. The average molecular weight is 493 g/mol. The quantitative estimate of drug-likeness (QED) is 0.434. The van der Waals surface area contributed by atoms with E-state index in [2.05, 4.69) is 88.2 Å². The average Bonchev–Trinajstić information content (AvgIpc) is 3.07. The highest BCUT2D eigenvalue weighted by atomic mass is 79.9. The predicted octanol–water partition coefficient (Wildman–Crippen LogP) is 5.43. The van der Waals surface area contributed by atoms with Crippen LogP contribution in [0.5, 0.6) is 0 Å². The minimum absolute atomic E-state index is 0.0237. The van der Waals surface area contributed by atoms with Crippen LogP contribution >= 0.6 is 59.1 Å². The molecule has 1 aromatic carbocycles. The Morgan fingerprint density at radius 2 is 1.95 bits per heavy atom. The maximum absolute atomic E-state index is 4.73. The van der Waals surface area contributed by atoms with E-state index in [1.165, 1.54) is 5.56 Å². The Bertz CT molecular complexity index is 718. The first kappa shape index (κ1) is 15.7. The highest BCUT2D eigenvalue weighted by molar-refractivity contribution is 9.10. The summed E-state index contributed by atoms with van der Waals surface area (Å²) < 4.78 is 3.23. The van der Waals surface area contributed by atoms with Gasteiger partial charge in [0.05, 0.1) is 5.69 Å². The molecule has 2 nitrogen and oxygen atoms in total. The van der Waals surface area contributed by atoms with E-state index in [1.807, 2.05) is 6.07 Å². The highest BCUT2D eigenvalue weighted by Crippen LogP contribution is 2.37. The van der Waals surface area contributed by atoms with Gasteiger partial charge in [-0.25, -0.2) is 4.98 Å². The lowest BCUT2D eigenvalue weighted by atomic mass is 9.80. The van der Waals surface area contributed by atoms with E-state index in [0.717, 1.165) is 32.2 Å². The van der Waals surface area contributed by atoms with Crippen LogP contribution in [0.15, 0.2) is 46.5 Å². The first-order valence-electron chi connectivity index (χ1n) is 6.46. The second-order valence-electron chi connectivity index (χ2n) is 5.03. The molecule has 3 aromatic rings. The smallest absolute Gasteiger partial charge is 0.193 e. The molecule has 0 aliphatic heterocycles. The van der Waals surface area contributed by atoms with Crippen LogP contribution in [0.25, 0.3) is 4.96 Å². The number of nitrogens with zero attached hydrogens (tertiary/aromatic N) is 2. The molecule has 0 atom stereocenters. The molecule has 0 radical (unpaired) electrons. The third-order valence-corrected chi connectivity index (χ3v) is 7.23. The summed E-state index contributed by atoms with van der Waals surface area (Å²) in [6.07, 6.45) is 5.07. The fourth-order valence-electron chi connectivity index (χ4n) is 2.47. The zero-order valence-electron chi connectivity index (χ0n) is 11.1. The van der Waals surface area contributed by atoms with Crippen molar-refractivity contribution in [2.75, 3.05) is 10.7 Å². The summed E-state index contributed by atoms with van der Waals surface area (Å²) >= 11 is 12.8. The number of imidazole rings is 1. The molecule has 2 heterocycles. The lowest BCUT2D eigenvalue weighted by Gasteiger charge is -2.31. The molecular weight excluding hydrogens is 480 g/mol. The van der Waals surface area contributed by atoms with E-state index in [-0.39, 0.29) is 5.41 Å². The zero-order valence-corrected chi connectivity index (χ0v) is 16.7. The van der Waals surface area contributed by atoms with E-state index >= 15 is 0 Å². The number of hydrogen-bond donors (Lipinski definition) is 0. The fourth-order valence-corrected chi connectivity index (χ4v) is 5.82. The molecular formula is C15H13Br3N2S. The molecule has 0 amide bonds. The Hall–Kier alpha value is -0.170. The van der Waals surface area contributed by atoms with Crippen LogP contribution in [-0.4, -0.2) is 20.0 Å². The van der Waals surface area contributed by atoms with Gasteiger partial charge in [-0.15, -0.1) is 11.3 Å². The molecule has 0 N–H and O–H groups in total. The van der Waals surface area contributed by atoms with E-state index in [9.17, 15) is 0 Å². The molecule has 21 heavy (non-hydrogen) atoms. The fraction of sp³-hybridized carbons (Fsp3) is 0.267. The number of hydrogen-bond acceptors (Lipinski definition) is 2. The topological polar surface area (TPSA) is 17.3 Å². The van der Waals surface area contributed by atoms with E-state index < -0.39 is 0 Å². The van der Waals surface area contributed by atoms with Gasteiger partial charge >= 0.3 is 0 Å². The molecule has 0 aliphatic rings. The van der Waals surface area contributed by atoms with Crippen LogP contribution in [0.1, 0.15) is 11.3 Å². The third kappa shape index (κ3) is 3.00. The number of fused-ring (bicyclic) bond motifs is 1. The van der Waals surface area contributed by atoms with Crippen LogP contribution in [0.3, 0.4) is 0 Å². The van der Waals surface area contributed by atoms with Gasteiger partial charge in [-0.3, -0.25) is 4.40 Å². The molecule has 6 heteroatoms. The number of halogens is 3. The van der Waals surface area contributed by atoms with Crippen LogP contribution in [0, 0.1) is 0 Å². The molecule has 3 rings (SSSR count). The van der Waals surface area contributed by atoms with Crippen molar-refractivity contribution in [3.05, 3.63) is 57.8 Å². The summed E-state index contributed by atoms with van der Waals surface area (Å²) in [5, 5.41) is 3.81. The van der Waals surface area contributed by atoms with Gasteiger partial charge in [-0.1, -0.05) is 66.0 Å². The van der Waals surface area contributed by atoms with Gasteiger partial charge in [0.15, 0.2) is 4.96 Å². The number of benzene rings is 1.